The molecule has 1 atom stereocenters. The summed E-state index contributed by atoms with van der Waals surface area (Å²) >= 11 is 0. The summed E-state index contributed by atoms with van der Waals surface area (Å²) in [6, 6.07) is 5.99. The van der Waals surface area contributed by atoms with Crippen LogP contribution in [0.5, 0.6) is 5.75 Å². The first-order chi connectivity index (χ1) is 10.9. The van der Waals surface area contributed by atoms with Gasteiger partial charge in [0.05, 0.1) is 0 Å². The van der Waals surface area contributed by atoms with Crippen LogP contribution in [-0.4, -0.2) is 35.9 Å². The summed E-state index contributed by atoms with van der Waals surface area (Å²) in [4.78, 5) is 25.7. The van der Waals surface area contributed by atoms with Crippen molar-refractivity contribution in [2.24, 2.45) is 11.7 Å². The Kier molecular flexibility index (Phi) is 5.64. The third-order valence-corrected chi connectivity index (χ3v) is 4.47. The molecule has 0 unspecified atom stereocenters. The third-order valence-electron chi connectivity index (χ3n) is 4.47. The van der Waals surface area contributed by atoms with Gasteiger partial charge < -0.3 is 15.4 Å². The fourth-order valence-corrected chi connectivity index (χ4v) is 2.88. The molecule has 1 aromatic rings. The predicted molar refractivity (Wildman–Crippen MR) is 89.1 cm³/mol. The molecule has 0 bridgehead atoms. The van der Waals surface area contributed by atoms with Crippen LogP contribution in [0.15, 0.2) is 18.2 Å². The second kappa shape index (κ2) is 7.49. The zero-order valence-electron chi connectivity index (χ0n) is 14.2. The van der Waals surface area contributed by atoms with E-state index in [1.165, 1.54) is 0 Å². The summed E-state index contributed by atoms with van der Waals surface area (Å²) in [6.45, 7) is 7.07. The van der Waals surface area contributed by atoms with Crippen molar-refractivity contribution in [1.82, 2.24) is 4.90 Å². The minimum absolute atomic E-state index is 0.00340. The van der Waals surface area contributed by atoms with Crippen molar-refractivity contribution in [3.63, 3.8) is 0 Å². The van der Waals surface area contributed by atoms with E-state index in [9.17, 15) is 9.59 Å². The lowest BCUT2D eigenvalue weighted by molar-refractivity contribution is -0.141. The van der Waals surface area contributed by atoms with Crippen LogP contribution in [0.4, 0.5) is 0 Å². The van der Waals surface area contributed by atoms with Gasteiger partial charge in [-0.1, -0.05) is 19.1 Å². The summed E-state index contributed by atoms with van der Waals surface area (Å²) in [5, 5.41) is 0. The maximum atomic E-state index is 12.7. The van der Waals surface area contributed by atoms with Gasteiger partial charge in [-0.2, -0.15) is 0 Å². The molecule has 5 nitrogen and oxygen atoms in total. The van der Waals surface area contributed by atoms with E-state index in [0.29, 0.717) is 32.4 Å². The fraction of sp³-hybridized carbons (Fsp3) is 0.556. The Hall–Kier alpha value is -2.04. The standard InChI is InChI=1S/C18H26N2O3/c1-4-15(23-16-11-12(2)5-6-13(16)3)18(22)20-9-7-14(8-10-20)17(19)21/h5-6,11,14-15H,4,7-10H2,1-3H3,(H2,19,21)/t15-/m1/s1. The number of primary amides is 1. The summed E-state index contributed by atoms with van der Waals surface area (Å²) in [5.41, 5.74) is 7.47. The van der Waals surface area contributed by atoms with Gasteiger partial charge in [0.15, 0.2) is 6.10 Å². The Bertz CT molecular complexity index is 578. The highest BCUT2D eigenvalue weighted by Crippen LogP contribution is 2.23. The predicted octanol–water partition coefficient (Wildman–Crippen LogP) is 2.18. The Morgan fingerprint density at radius 3 is 2.52 bits per heavy atom. The molecule has 1 heterocycles. The molecule has 2 amide bonds. The Labute approximate surface area is 137 Å². The smallest absolute Gasteiger partial charge is 0.263 e. The minimum Gasteiger partial charge on any atom is -0.480 e. The molecule has 2 N–H and O–H groups in total. The van der Waals surface area contributed by atoms with Crippen LogP contribution in [0, 0.1) is 19.8 Å². The number of amides is 2. The molecule has 0 aliphatic carbocycles. The molecular formula is C18H26N2O3. The maximum Gasteiger partial charge on any atom is 0.263 e. The second-order valence-corrected chi connectivity index (χ2v) is 6.29. The number of benzene rings is 1. The number of carbonyl (C=O) groups excluding carboxylic acids is 2. The zero-order valence-corrected chi connectivity index (χ0v) is 14.2. The number of hydrogen-bond acceptors (Lipinski definition) is 3. The third kappa shape index (κ3) is 4.24. The Morgan fingerprint density at radius 1 is 1.30 bits per heavy atom. The molecule has 5 heteroatoms. The van der Waals surface area contributed by atoms with E-state index in [1.807, 2.05) is 39.0 Å². The summed E-state index contributed by atoms with van der Waals surface area (Å²) in [5.74, 6) is 0.378. The van der Waals surface area contributed by atoms with Crippen molar-refractivity contribution in [3.8, 4) is 5.75 Å². The average molecular weight is 318 g/mol. The van der Waals surface area contributed by atoms with E-state index in [2.05, 4.69) is 0 Å². The lowest BCUT2D eigenvalue weighted by atomic mass is 9.96. The molecule has 1 aliphatic rings. The van der Waals surface area contributed by atoms with Crippen molar-refractivity contribution >= 4 is 11.8 Å². The molecule has 0 radical (unpaired) electrons. The molecule has 1 aliphatic heterocycles. The van der Waals surface area contributed by atoms with E-state index >= 15 is 0 Å². The van der Waals surface area contributed by atoms with Crippen molar-refractivity contribution in [1.29, 1.82) is 0 Å². The van der Waals surface area contributed by atoms with Gasteiger partial charge in [-0.25, -0.2) is 0 Å². The number of nitrogens with two attached hydrogens (primary N) is 1. The lowest BCUT2D eigenvalue weighted by Crippen LogP contribution is -2.47. The second-order valence-electron chi connectivity index (χ2n) is 6.29. The monoisotopic (exact) mass is 318 g/mol. The largest absolute Gasteiger partial charge is 0.480 e. The van der Waals surface area contributed by atoms with Crippen LogP contribution < -0.4 is 10.5 Å². The van der Waals surface area contributed by atoms with Crippen LogP contribution in [-0.2, 0) is 9.59 Å². The van der Waals surface area contributed by atoms with Crippen molar-refractivity contribution in [2.45, 2.75) is 46.1 Å². The van der Waals surface area contributed by atoms with Crippen LogP contribution in [0.2, 0.25) is 0 Å². The molecule has 2 rings (SSSR count). The number of aryl methyl sites for hydroxylation is 2. The van der Waals surface area contributed by atoms with Gasteiger partial charge in [0, 0.05) is 19.0 Å². The van der Waals surface area contributed by atoms with E-state index in [0.717, 1.165) is 16.9 Å². The topological polar surface area (TPSA) is 72.6 Å². The van der Waals surface area contributed by atoms with Crippen molar-refractivity contribution in [3.05, 3.63) is 29.3 Å². The van der Waals surface area contributed by atoms with Gasteiger partial charge in [0.2, 0.25) is 5.91 Å². The number of rotatable bonds is 5. The van der Waals surface area contributed by atoms with Crippen LogP contribution >= 0.6 is 0 Å². The Balaban J connectivity index is 2.02. The summed E-state index contributed by atoms with van der Waals surface area (Å²) in [6.07, 6.45) is 1.41. The number of hydrogen-bond donors (Lipinski definition) is 1. The SMILES string of the molecule is CC[C@@H](Oc1cc(C)ccc1C)C(=O)N1CCC(C(N)=O)CC1. The van der Waals surface area contributed by atoms with Crippen molar-refractivity contribution < 1.29 is 14.3 Å². The van der Waals surface area contributed by atoms with E-state index < -0.39 is 6.10 Å². The van der Waals surface area contributed by atoms with E-state index in [-0.39, 0.29) is 17.7 Å². The van der Waals surface area contributed by atoms with Crippen LogP contribution in [0.3, 0.4) is 0 Å². The molecule has 23 heavy (non-hydrogen) atoms. The van der Waals surface area contributed by atoms with Crippen LogP contribution in [0.1, 0.15) is 37.3 Å². The quantitative estimate of drug-likeness (QED) is 0.904. The molecular weight excluding hydrogens is 292 g/mol. The highest BCUT2D eigenvalue weighted by atomic mass is 16.5. The minimum atomic E-state index is -0.486. The van der Waals surface area contributed by atoms with Gasteiger partial charge in [-0.05, 0) is 50.3 Å². The van der Waals surface area contributed by atoms with E-state index in [4.69, 9.17) is 10.5 Å². The summed E-state index contributed by atoms with van der Waals surface area (Å²) in [7, 11) is 0. The van der Waals surface area contributed by atoms with Gasteiger partial charge >= 0.3 is 0 Å². The maximum absolute atomic E-state index is 12.7. The fourth-order valence-electron chi connectivity index (χ4n) is 2.88. The molecule has 0 aromatic heterocycles. The van der Waals surface area contributed by atoms with Gasteiger partial charge in [0.25, 0.3) is 5.91 Å². The van der Waals surface area contributed by atoms with Crippen LogP contribution in [0.25, 0.3) is 0 Å². The number of nitrogens with zero attached hydrogens (tertiary/aromatic N) is 1. The Morgan fingerprint density at radius 2 is 1.96 bits per heavy atom. The van der Waals surface area contributed by atoms with Gasteiger partial charge in [-0.15, -0.1) is 0 Å². The lowest BCUT2D eigenvalue weighted by Gasteiger charge is -2.33. The molecule has 1 aromatic carbocycles. The molecule has 1 saturated heterocycles. The van der Waals surface area contributed by atoms with Gasteiger partial charge in [0.1, 0.15) is 5.75 Å². The van der Waals surface area contributed by atoms with Gasteiger partial charge in [-0.3, -0.25) is 9.59 Å². The number of piperidine rings is 1. The first-order valence-electron chi connectivity index (χ1n) is 8.24. The van der Waals surface area contributed by atoms with E-state index in [1.54, 1.807) is 4.90 Å². The summed E-state index contributed by atoms with van der Waals surface area (Å²) < 4.78 is 5.98. The number of likely N-dealkylation sites (tertiary alicyclic amines) is 1. The normalized spacial score (nSPS) is 16.9. The zero-order chi connectivity index (χ0) is 17.0. The highest BCUT2D eigenvalue weighted by molar-refractivity contribution is 5.82. The first kappa shape index (κ1) is 17.3. The molecule has 1 fully saturated rings. The number of ether oxygens (including phenoxy) is 1. The first-order valence-corrected chi connectivity index (χ1v) is 8.24. The highest BCUT2D eigenvalue weighted by Gasteiger charge is 2.30. The molecule has 126 valence electrons. The molecule has 0 spiro atoms. The number of carbonyl (C=O) groups is 2. The van der Waals surface area contributed by atoms with Crippen molar-refractivity contribution in [2.75, 3.05) is 13.1 Å². The average Bonchev–Trinajstić information content (AvgIpc) is 2.55. The molecule has 0 saturated carbocycles.